The molecule has 0 bridgehead atoms. The van der Waals surface area contributed by atoms with Gasteiger partial charge in [0, 0.05) is 12.5 Å². The molecule has 1 saturated carbocycles. The van der Waals surface area contributed by atoms with Gasteiger partial charge in [-0.3, -0.25) is 9.59 Å². The molecule has 3 fully saturated rings. The van der Waals surface area contributed by atoms with Gasteiger partial charge < -0.3 is 14.4 Å². The van der Waals surface area contributed by atoms with Crippen molar-refractivity contribution < 1.29 is 19.1 Å². The van der Waals surface area contributed by atoms with Crippen LogP contribution in [0, 0.1) is 29.1 Å². The number of hydrogen-bond donors (Lipinski definition) is 0. The van der Waals surface area contributed by atoms with E-state index in [9.17, 15) is 9.59 Å². The van der Waals surface area contributed by atoms with Crippen LogP contribution in [0.5, 0.6) is 0 Å². The average molecular weight is 390 g/mol. The lowest BCUT2D eigenvalue weighted by Gasteiger charge is -2.46. The van der Waals surface area contributed by atoms with Gasteiger partial charge in [0.1, 0.15) is 6.10 Å². The second-order valence-electron chi connectivity index (χ2n) is 9.67. The normalized spacial score (nSPS) is 39.0. The molecule has 4 rings (SSSR count). The van der Waals surface area contributed by atoms with Crippen LogP contribution in [-0.4, -0.2) is 49.2 Å². The second-order valence-corrected chi connectivity index (χ2v) is 9.67. The molecule has 5 nitrogen and oxygen atoms in total. The zero-order valence-electron chi connectivity index (χ0n) is 17.6. The molecule has 0 radical (unpaired) electrons. The van der Waals surface area contributed by atoms with Crippen LogP contribution >= 0.6 is 0 Å². The molecule has 5 heteroatoms. The molecule has 156 valence electrons. The number of rotatable bonds is 4. The van der Waals surface area contributed by atoms with Gasteiger partial charge in [0.25, 0.3) is 0 Å². The van der Waals surface area contributed by atoms with Gasteiger partial charge in [0.15, 0.2) is 0 Å². The van der Waals surface area contributed by atoms with E-state index in [-0.39, 0.29) is 41.2 Å². The fourth-order valence-corrected chi connectivity index (χ4v) is 6.15. The molecular weight excluding hydrogens is 354 g/mol. The zero-order valence-corrected chi connectivity index (χ0v) is 17.6. The first-order valence-electron chi connectivity index (χ1n) is 11.2. The smallest absolute Gasteiger partial charge is 0.311 e. The van der Waals surface area contributed by atoms with Crippen LogP contribution in [0.15, 0.2) is 11.6 Å². The molecule has 5 unspecified atom stereocenters. The monoisotopic (exact) mass is 389 g/mol. The minimum Gasteiger partial charge on any atom is -0.466 e. The largest absolute Gasteiger partial charge is 0.466 e. The molecule has 0 aromatic heterocycles. The Balaban J connectivity index is 1.42. The van der Waals surface area contributed by atoms with Crippen molar-refractivity contribution in [2.45, 2.75) is 65.4 Å². The quantitative estimate of drug-likeness (QED) is 0.543. The molecule has 0 aromatic rings. The first-order chi connectivity index (χ1) is 13.4. The minimum atomic E-state index is -0.0647. The standard InChI is InChI=1S/C23H35NO4/c1-4-27-21(25)16-7-10-24(11-8-16)14-18-17-12-19-15(2)6-5-9-23(19,3)13-20(17)28-22(18)26/h12,15-18,20H,4-11,13-14H2,1-3H3. The van der Waals surface area contributed by atoms with E-state index < -0.39 is 0 Å². The Hall–Kier alpha value is -1.36. The minimum absolute atomic E-state index is 0.0140. The Bertz CT molecular complexity index is 651. The van der Waals surface area contributed by atoms with Crippen molar-refractivity contribution in [3.63, 3.8) is 0 Å². The molecular formula is C23H35NO4. The summed E-state index contributed by atoms with van der Waals surface area (Å²) in [6, 6.07) is 0. The van der Waals surface area contributed by atoms with Gasteiger partial charge in [-0.15, -0.1) is 0 Å². The summed E-state index contributed by atoms with van der Waals surface area (Å²) in [5, 5.41) is 0. The lowest BCUT2D eigenvalue weighted by atomic mass is 9.59. The van der Waals surface area contributed by atoms with Crippen molar-refractivity contribution in [2.24, 2.45) is 29.1 Å². The van der Waals surface area contributed by atoms with Crippen LogP contribution in [-0.2, 0) is 19.1 Å². The van der Waals surface area contributed by atoms with Crippen LogP contribution in [0.1, 0.15) is 59.3 Å². The van der Waals surface area contributed by atoms with E-state index in [1.54, 1.807) is 5.57 Å². The highest BCUT2D eigenvalue weighted by Crippen LogP contribution is 2.54. The summed E-state index contributed by atoms with van der Waals surface area (Å²) in [6.07, 6.45) is 8.87. The highest BCUT2D eigenvalue weighted by molar-refractivity contribution is 5.76. The number of carbonyl (C=O) groups excluding carboxylic acids is 2. The summed E-state index contributed by atoms with van der Waals surface area (Å²) in [5.74, 6) is 0.713. The van der Waals surface area contributed by atoms with Crippen molar-refractivity contribution in [3.05, 3.63) is 11.6 Å². The fourth-order valence-electron chi connectivity index (χ4n) is 6.15. The van der Waals surface area contributed by atoms with Crippen LogP contribution in [0.4, 0.5) is 0 Å². The van der Waals surface area contributed by atoms with E-state index in [2.05, 4.69) is 24.8 Å². The summed E-state index contributed by atoms with van der Waals surface area (Å²) in [6.45, 7) is 9.48. The number of esters is 2. The van der Waals surface area contributed by atoms with Crippen molar-refractivity contribution in [1.82, 2.24) is 4.90 Å². The molecule has 0 spiro atoms. The Morgan fingerprint density at radius 1 is 1.32 bits per heavy atom. The number of allylic oxidation sites excluding steroid dienone is 1. The molecule has 2 heterocycles. The van der Waals surface area contributed by atoms with E-state index >= 15 is 0 Å². The van der Waals surface area contributed by atoms with Gasteiger partial charge in [-0.1, -0.05) is 31.9 Å². The Kier molecular flexibility index (Phi) is 5.56. The Labute approximate surface area is 168 Å². The number of ether oxygens (including phenoxy) is 2. The summed E-state index contributed by atoms with van der Waals surface area (Å²) in [5.41, 5.74) is 1.79. The molecule has 0 N–H and O–H groups in total. The van der Waals surface area contributed by atoms with E-state index in [1.165, 1.54) is 19.3 Å². The van der Waals surface area contributed by atoms with Gasteiger partial charge in [0.05, 0.1) is 18.4 Å². The van der Waals surface area contributed by atoms with Gasteiger partial charge in [-0.05, 0) is 63.5 Å². The molecule has 4 aliphatic rings. The summed E-state index contributed by atoms with van der Waals surface area (Å²) in [7, 11) is 0. The zero-order chi connectivity index (χ0) is 19.9. The Morgan fingerprint density at radius 3 is 2.79 bits per heavy atom. The third-order valence-corrected chi connectivity index (χ3v) is 7.74. The molecule has 2 saturated heterocycles. The topological polar surface area (TPSA) is 55.8 Å². The average Bonchev–Trinajstić information content (AvgIpc) is 2.95. The van der Waals surface area contributed by atoms with Gasteiger partial charge in [-0.2, -0.15) is 0 Å². The number of likely N-dealkylation sites (tertiary alicyclic amines) is 1. The van der Waals surface area contributed by atoms with Gasteiger partial charge >= 0.3 is 11.9 Å². The van der Waals surface area contributed by atoms with E-state index in [1.807, 2.05) is 6.92 Å². The number of fused-ring (bicyclic) bond motifs is 2. The first kappa shape index (κ1) is 19.9. The molecule has 0 aromatic carbocycles. The van der Waals surface area contributed by atoms with Gasteiger partial charge in [-0.25, -0.2) is 0 Å². The molecule has 2 aliphatic heterocycles. The SMILES string of the molecule is CCOC(=O)C1CCN(CC2C(=O)OC3CC4(C)CCCC(C)C4=CC32)CC1. The molecule has 0 amide bonds. The number of piperidine rings is 1. The van der Waals surface area contributed by atoms with Crippen LogP contribution in [0.2, 0.25) is 0 Å². The Morgan fingerprint density at radius 2 is 2.07 bits per heavy atom. The number of hydrogen-bond acceptors (Lipinski definition) is 5. The number of nitrogens with zero attached hydrogens (tertiary/aromatic N) is 1. The highest BCUT2D eigenvalue weighted by atomic mass is 16.6. The predicted octanol–water partition coefficient (Wildman–Crippen LogP) is 3.58. The molecule has 5 atom stereocenters. The van der Waals surface area contributed by atoms with Crippen molar-refractivity contribution >= 4 is 11.9 Å². The van der Waals surface area contributed by atoms with E-state index in [0.717, 1.165) is 38.9 Å². The molecule has 28 heavy (non-hydrogen) atoms. The lowest BCUT2D eigenvalue weighted by Crippen LogP contribution is -2.43. The van der Waals surface area contributed by atoms with Crippen molar-refractivity contribution in [3.8, 4) is 0 Å². The van der Waals surface area contributed by atoms with Crippen molar-refractivity contribution in [2.75, 3.05) is 26.2 Å². The van der Waals surface area contributed by atoms with E-state index in [4.69, 9.17) is 9.47 Å². The third kappa shape index (κ3) is 3.62. The first-order valence-corrected chi connectivity index (χ1v) is 11.2. The fraction of sp³-hybridized carbons (Fsp3) is 0.826. The maximum absolute atomic E-state index is 12.7. The summed E-state index contributed by atoms with van der Waals surface area (Å²) in [4.78, 5) is 27.0. The van der Waals surface area contributed by atoms with Crippen molar-refractivity contribution in [1.29, 1.82) is 0 Å². The van der Waals surface area contributed by atoms with Crippen LogP contribution < -0.4 is 0 Å². The maximum Gasteiger partial charge on any atom is 0.311 e. The third-order valence-electron chi connectivity index (χ3n) is 7.74. The van der Waals surface area contributed by atoms with Gasteiger partial charge in [0.2, 0.25) is 0 Å². The summed E-state index contributed by atoms with van der Waals surface area (Å²) >= 11 is 0. The molecule has 2 aliphatic carbocycles. The predicted molar refractivity (Wildman–Crippen MR) is 106 cm³/mol. The second kappa shape index (κ2) is 7.81. The maximum atomic E-state index is 12.7. The number of carbonyl (C=O) groups is 2. The van der Waals surface area contributed by atoms with Crippen LogP contribution in [0.25, 0.3) is 0 Å². The van der Waals surface area contributed by atoms with E-state index in [0.29, 0.717) is 12.5 Å². The lowest BCUT2D eigenvalue weighted by molar-refractivity contribution is -0.150. The van der Waals surface area contributed by atoms with Crippen LogP contribution in [0.3, 0.4) is 0 Å². The summed E-state index contributed by atoms with van der Waals surface area (Å²) < 4.78 is 11.0. The highest BCUT2D eigenvalue weighted by Gasteiger charge is 2.52.